The van der Waals surface area contributed by atoms with Gasteiger partial charge in [0.15, 0.2) is 0 Å². The number of nitrogens with zero attached hydrogens (tertiary/aromatic N) is 8. The van der Waals surface area contributed by atoms with Gasteiger partial charge >= 0.3 is 6.18 Å². The first-order valence-corrected chi connectivity index (χ1v) is 34.7. The zero-order chi connectivity index (χ0) is 69.6. The molecule has 5 fully saturated rings. The third kappa shape index (κ3) is 20.9. The summed E-state index contributed by atoms with van der Waals surface area (Å²) < 4.78 is 41.8. The van der Waals surface area contributed by atoms with Crippen molar-refractivity contribution >= 4 is 76.6 Å². The molecule has 0 aromatic rings. The van der Waals surface area contributed by atoms with Crippen molar-refractivity contribution in [2.24, 2.45) is 35.5 Å². The van der Waals surface area contributed by atoms with Crippen molar-refractivity contribution in [1.82, 2.24) is 55.1 Å². The summed E-state index contributed by atoms with van der Waals surface area (Å²) in [4.78, 5) is 171. The van der Waals surface area contributed by atoms with Crippen molar-refractivity contribution in [2.75, 3.05) is 75.5 Å². The second kappa shape index (κ2) is 34.8. The lowest BCUT2D eigenvalue weighted by atomic mass is 9.78. The largest absolute Gasteiger partial charge is 0.393 e. The molecule has 3 saturated carbocycles. The Bertz CT molecular complexity index is 2620. The highest BCUT2D eigenvalue weighted by atomic mass is 35.5. The fraction of sp³-hybridized carbons (Fsp3) is 0.836. The molecule has 3 N–H and O–H groups in total. The molecule has 1 spiro atoms. The molecule has 22 nitrogen and oxygen atoms in total. The minimum absolute atomic E-state index is 0.0155. The Morgan fingerprint density at radius 2 is 1.19 bits per heavy atom. The Kier molecular flexibility index (Phi) is 29.2. The van der Waals surface area contributed by atoms with E-state index in [1.165, 1.54) is 76.6 Å². The van der Waals surface area contributed by atoms with Crippen LogP contribution in [-0.2, 0) is 52.7 Å². The molecule has 11 atom stereocenters. The highest BCUT2D eigenvalue weighted by Crippen LogP contribution is 2.44. The maximum atomic E-state index is 15.3. The summed E-state index contributed by atoms with van der Waals surface area (Å²) in [5.74, 6) is -8.79. The highest BCUT2D eigenvalue weighted by molar-refractivity contribution is 6.20. The van der Waals surface area contributed by atoms with Crippen LogP contribution in [0.5, 0.6) is 0 Å². The Morgan fingerprint density at radius 3 is 1.78 bits per heavy atom. The molecular weight excluding hydrogens is 1230 g/mol. The molecule has 3 unspecified atom stereocenters. The number of fused-ring (bicyclic) bond motifs is 1. The standard InChI is InChI=1S/C67H111ClF3N11O11/c1-15-43(6)58-64(92)77(10)39-56(85)75(8)40-57(86)80(13)53(37-45-22-17-16-18-23-45)62(90)76(9)38-54(83)72-49(29-27-46-26-28-47(48(68)36-46)67(69,70)71)61(89)82-33-21-24-50(82)60(88)74-66(31-19-20-32-66)65(93)81(14)51(30-25-41(2)3)63(91)78(11)44(7)35-55(84)79(12)52(34-42(4)5)59(87)73-58/h41-53,58H,15-40H2,1-14H3,(H,72,83)(H,73,87)(H,74,88)/t43-,44+,46?,47?,48?,49-,50-,51-,52-,53-,58-/m0/s1. The topological polar surface area (TPSA) is 250 Å². The van der Waals surface area contributed by atoms with Gasteiger partial charge in [0.25, 0.3) is 0 Å². The van der Waals surface area contributed by atoms with Crippen LogP contribution < -0.4 is 16.0 Å². The number of amides is 11. The van der Waals surface area contributed by atoms with E-state index in [4.69, 9.17) is 11.6 Å². The van der Waals surface area contributed by atoms with Crippen LogP contribution in [0.2, 0.25) is 0 Å². The predicted molar refractivity (Wildman–Crippen MR) is 347 cm³/mol. The number of alkyl halides is 4. The van der Waals surface area contributed by atoms with Crippen molar-refractivity contribution in [1.29, 1.82) is 0 Å². The Hall–Kier alpha value is -5.75. The summed E-state index contributed by atoms with van der Waals surface area (Å²) in [5.41, 5.74) is -1.47. The predicted octanol–water partition coefficient (Wildman–Crippen LogP) is 6.35. The van der Waals surface area contributed by atoms with Crippen molar-refractivity contribution in [3.63, 3.8) is 0 Å². The zero-order valence-electron chi connectivity index (χ0n) is 58.0. The number of hydrogen-bond donors (Lipinski definition) is 3. The number of carbonyl (C=O) groups excluding carboxylic acids is 11. The summed E-state index contributed by atoms with van der Waals surface area (Å²) in [6.45, 7) is 11.7. The fourth-order valence-corrected chi connectivity index (χ4v) is 14.8. The van der Waals surface area contributed by atoms with E-state index in [2.05, 4.69) is 16.0 Å². The van der Waals surface area contributed by atoms with Gasteiger partial charge in [-0.15, -0.1) is 11.6 Å². The SMILES string of the molecule is CC[C@H](C)[C@@H]1NC(=O)[C@H](CC(C)C)N(C)C(=O)C[C@@H](C)N(C)C(=O)[C@H](CCC(C)C)N(C)C(=O)C2(CCCC2)NC(=O)[C@@H]2CCCN2C(=O)[C@H](CCC2CCC(C(F)(F)F)C(Cl)C2)NC(=O)CN(C)C(=O)[C@H](CC2CCCCC2)N(C)C(=O)CN(C)C(=O)CN(C)C1=O. The minimum atomic E-state index is -4.49. The summed E-state index contributed by atoms with van der Waals surface area (Å²) in [6.07, 6.45) is 3.75. The molecule has 0 bridgehead atoms. The molecule has 11 amide bonds. The molecular formula is C67H111ClF3N11O11. The van der Waals surface area contributed by atoms with Gasteiger partial charge in [-0.1, -0.05) is 92.9 Å². The molecule has 0 aromatic carbocycles. The maximum Gasteiger partial charge on any atom is 0.393 e. The molecule has 93 heavy (non-hydrogen) atoms. The molecule has 2 aliphatic heterocycles. The molecule has 0 aromatic heterocycles. The van der Waals surface area contributed by atoms with E-state index in [1.54, 1.807) is 20.9 Å². The molecule has 3 aliphatic carbocycles. The van der Waals surface area contributed by atoms with Crippen molar-refractivity contribution in [2.45, 2.75) is 249 Å². The van der Waals surface area contributed by atoms with Crippen LogP contribution in [0.15, 0.2) is 0 Å². The van der Waals surface area contributed by atoms with E-state index in [0.717, 1.165) is 37.0 Å². The van der Waals surface area contributed by atoms with Gasteiger partial charge in [-0.25, -0.2) is 0 Å². The van der Waals surface area contributed by atoms with Gasteiger partial charge in [0.05, 0.1) is 25.6 Å². The van der Waals surface area contributed by atoms with Gasteiger partial charge in [0.2, 0.25) is 65.0 Å². The normalized spacial score (nSPS) is 29.4. The maximum absolute atomic E-state index is 15.3. The lowest BCUT2D eigenvalue weighted by Crippen LogP contribution is -2.64. The first-order valence-electron chi connectivity index (χ1n) is 34.3. The second-order valence-corrected chi connectivity index (χ2v) is 29.4. The molecule has 0 radical (unpaired) electrons. The van der Waals surface area contributed by atoms with Crippen LogP contribution in [0, 0.1) is 35.5 Å². The average Bonchev–Trinajstić information content (AvgIpc) is 1.77. The van der Waals surface area contributed by atoms with E-state index < -0.39 is 156 Å². The summed E-state index contributed by atoms with van der Waals surface area (Å²) in [6, 6.07) is -7.47. The molecule has 2 saturated heterocycles. The quantitative estimate of drug-likeness (QED) is 0.182. The second-order valence-electron chi connectivity index (χ2n) is 28.8. The van der Waals surface area contributed by atoms with Crippen LogP contribution in [0.25, 0.3) is 0 Å². The number of hydrogen-bond acceptors (Lipinski definition) is 11. The molecule has 5 rings (SSSR count). The van der Waals surface area contributed by atoms with E-state index in [1.807, 2.05) is 34.6 Å². The average molecular weight is 1340 g/mol. The van der Waals surface area contributed by atoms with Crippen LogP contribution in [0.1, 0.15) is 190 Å². The molecule has 5 aliphatic rings. The summed E-state index contributed by atoms with van der Waals surface area (Å²) >= 11 is 6.38. The van der Waals surface area contributed by atoms with E-state index in [-0.39, 0.29) is 107 Å². The number of halogens is 4. The van der Waals surface area contributed by atoms with Crippen LogP contribution in [-0.4, -0.2) is 239 Å². The first-order chi connectivity index (χ1) is 43.5. The van der Waals surface area contributed by atoms with E-state index in [9.17, 15) is 56.3 Å². The number of rotatable bonds is 12. The van der Waals surface area contributed by atoms with Crippen molar-refractivity contribution < 1.29 is 65.9 Å². The van der Waals surface area contributed by atoms with E-state index in [0.29, 0.717) is 32.1 Å². The van der Waals surface area contributed by atoms with Crippen LogP contribution in [0.3, 0.4) is 0 Å². The van der Waals surface area contributed by atoms with Crippen LogP contribution >= 0.6 is 11.6 Å². The Morgan fingerprint density at radius 1 is 0.581 bits per heavy atom. The van der Waals surface area contributed by atoms with Crippen molar-refractivity contribution in [3.8, 4) is 0 Å². The zero-order valence-corrected chi connectivity index (χ0v) is 58.8. The molecule has 528 valence electrons. The minimum Gasteiger partial charge on any atom is -0.343 e. The van der Waals surface area contributed by atoms with Crippen LogP contribution in [0.4, 0.5) is 13.2 Å². The third-order valence-corrected chi connectivity index (χ3v) is 21.3. The van der Waals surface area contributed by atoms with Gasteiger partial charge in [-0.05, 0) is 120 Å². The van der Waals surface area contributed by atoms with Gasteiger partial charge in [0.1, 0.15) is 41.8 Å². The lowest BCUT2D eigenvalue weighted by Gasteiger charge is -2.40. The smallest absolute Gasteiger partial charge is 0.343 e. The number of nitrogens with one attached hydrogen (secondary N) is 3. The number of carbonyl (C=O) groups is 11. The summed E-state index contributed by atoms with van der Waals surface area (Å²) in [7, 11) is 10.3. The highest BCUT2D eigenvalue weighted by Gasteiger charge is 2.51. The Balaban J connectivity index is 1.55. The van der Waals surface area contributed by atoms with Gasteiger partial charge < -0.3 is 55.1 Å². The van der Waals surface area contributed by atoms with Gasteiger partial charge in [-0.2, -0.15) is 13.2 Å². The first kappa shape index (κ1) is 78.0. The van der Waals surface area contributed by atoms with Crippen molar-refractivity contribution in [3.05, 3.63) is 0 Å². The Labute approximate surface area is 555 Å². The number of likely N-dealkylation sites (N-methyl/N-ethyl adjacent to an activating group) is 7. The van der Waals surface area contributed by atoms with E-state index >= 15 is 9.59 Å². The summed E-state index contributed by atoms with van der Waals surface area (Å²) in [5, 5.41) is 7.60. The monoisotopic (exact) mass is 1340 g/mol. The van der Waals surface area contributed by atoms with Gasteiger partial charge in [0, 0.05) is 73.7 Å². The molecule has 26 heteroatoms. The fourth-order valence-electron chi connectivity index (χ4n) is 14.3. The molecule has 2 heterocycles. The third-order valence-electron chi connectivity index (χ3n) is 20.8. The lowest BCUT2D eigenvalue weighted by molar-refractivity contribution is -0.182. The van der Waals surface area contributed by atoms with Gasteiger partial charge in [-0.3, -0.25) is 52.7 Å².